The summed E-state index contributed by atoms with van der Waals surface area (Å²) in [6, 6.07) is 11.7. The van der Waals surface area contributed by atoms with E-state index in [0.29, 0.717) is 51.4 Å². The summed E-state index contributed by atoms with van der Waals surface area (Å²) < 4.78 is 36.0. The zero-order chi connectivity index (χ0) is 36.1. The monoisotopic (exact) mass is 727 g/mol. The van der Waals surface area contributed by atoms with E-state index in [-0.39, 0.29) is 35.5 Å². The second kappa shape index (κ2) is 12.2. The second-order valence-electron chi connectivity index (χ2n) is 15.9. The summed E-state index contributed by atoms with van der Waals surface area (Å²) in [4.78, 5) is 48.5. The van der Waals surface area contributed by atoms with E-state index in [1.807, 2.05) is 41.8 Å². The summed E-state index contributed by atoms with van der Waals surface area (Å²) in [7, 11) is -2.07. The van der Waals surface area contributed by atoms with Gasteiger partial charge in [-0.15, -0.1) is 0 Å². The zero-order valence-electron chi connectivity index (χ0n) is 30.4. The van der Waals surface area contributed by atoms with Crippen LogP contribution in [0.1, 0.15) is 111 Å². The van der Waals surface area contributed by atoms with Gasteiger partial charge in [0.1, 0.15) is 11.3 Å². The van der Waals surface area contributed by atoms with Crippen molar-refractivity contribution in [3.8, 4) is 17.0 Å². The highest BCUT2D eigenvalue weighted by molar-refractivity contribution is 7.91. The molecule has 0 spiro atoms. The van der Waals surface area contributed by atoms with Crippen molar-refractivity contribution in [1.82, 2.24) is 24.0 Å². The number of piperazine rings is 1. The van der Waals surface area contributed by atoms with Gasteiger partial charge in [-0.05, 0) is 106 Å². The minimum Gasteiger partial charge on any atom is -0.497 e. The Morgan fingerprint density at radius 2 is 1.63 bits per heavy atom. The molecule has 4 atom stereocenters. The van der Waals surface area contributed by atoms with Crippen LogP contribution in [0, 0.1) is 0 Å². The molecule has 3 aliphatic heterocycles. The number of sulfonamides is 1. The van der Waals surface area contributed by atoms with Crippen molar-refractivity contribution >= 4 is 38.8 Å². The first-order valence-electron chi connectivity index (χ1n) is 19.4. The molecule has 3 aromatic rings. The summed E-state index contributed by atoms with van der Waals surface area (Å²) in [6.45, 7) is 6.34. The third kappa shape index (κ3) is 5.02. The lowest BCUT2D eigenvalue weighted by molar-refractivity contribution is -0.141. The van der Waals surface area contributed by atoms with Gasteiger partial charge < -0.3 is 24.0 Å². The Kier molecular flexibility index (Phi) is 7.95. The smallest absolute Gasteiger partial charge is 0.320 e. The number of likely N-dealkylation sites (tertiary alicyclic amines) is 1. The van der Waals surface area contributed by atoms with Crippen LogP contribution in [0.3, 0.4) is 0 Å². The Hall–Kier alpha value is -4.06. The first kappa shape index (κ1) is 33.8. The normalized spacial score (nSPS) is 26.4. The van der Waals surface area contributed by atoms with E-state index in [1.165, 1.54) is 12.0 Å². The van der Waals surface area contributed by atoms with Gasteiger partial charge in [-0.3, -0.25) is 9.59 Å². The van der Waals surface area contributed by atoms with Gasteiger partial charge >= 0.3 is 6.03 Å². The van der Waals surface area contributed by atoms with Crippen LogP contribution in [-0.4, -0.2) is 96.2 Å². The quantitative estimate of drug-likeness (QED) is 0.308. The predicted molar refractivity (Wildman–Crippen MR) is 198 cm³/mol. The lowest BCUT2D eigenvalue weighted by Crippen LogP contribution is -2.61. The first-order chi connectivity index (χ1) is 25.1. The topological polar surface area (TPSA) is 121 Å². The number of carbonyl (C=O) groups is 3. The van der Waals surface area contributed by atoms with Crippen molar-refractivity contribution in [2.75, 3.05) is 33.3 Å². The molecule has 4 unspecified atom stereocenters. The van der Waals surface area contributed by atoms with Crippen LogP contribution in [0.25, 0.3) is 22.2 Å². The van der Waals surface area contributed by atoms with Crippen LogP contribution < -0.4 is 9.46 Å². The third-order valence-corrected chi connectivity index (χ3v) is 14.9. The summed E-state index contributed by atoms with van der Waals surface area (Å²) in [6.07, 6.45) is 9.05. The van der Waals surface area contributed by atoms with Crippen molar-refractivity contribution in [2.24, 2.45) is 0 Å². The van der Waals surface area contributed by atoms with E-state index in [9.17, 15) is 18.0 Å². The Balaban J connectivity index is 1.19. The minimum atomic E-state index is -3.74. The highest BCUT2D eigenvalue weighted by Gasteiger charge is 2.68. The van der Waals surface area contributed by atoms with Crippen molar-refractivity contribution < 1.29 is 27.5 Å². The molecule has 1 aromatic heterocycles. The average molecular weight is 728 g/mol. The number of hydrogen-bond acceptors (Lipinski definition) is 6. The SMILES string of the molecule is CCN(CC)C(=O)N1CC2CCC(C1)N2C(=O)C12CC1c1cc(OC)ccc1-c1c(C3CCCCC3)c3ccc(C(=O)NS(=O)(=O)C4CC4)cc3n12. The molecular weight excluding hydrogens is 679 g/mol. The van der Waals surface area contributed by atoms with Crippen LogP contribution in [-0.2, 0) is 20.4 Å². The van der Waals surface area contributed by atoms with E-state index in [1.54, 1.807) is 13.2 Å². The van der Waals surface area contributed by atoms with Crippen molar-refractivity contribution in [1.29, 1.82) is 0 Å². The van der Waals surface area contributed by atoms with Crippen LogP contribution in [0.5, 0.6) is 5.75 Å². The van der Waals surface area contributed by atoms with Gasteiger partial charge in [0.25, 0.3) is 5.91 Å². The number of methoxy groups -OCH3 is 1. The maximum Gasteiger partial charge on any atom is 0.320 e. The molecule has 3 aliphatic carbocycles. The predicted octanol–water partition coefficient (Wildman–Crippen LogP) is 5.92. The zero-order valence-corrected chi connectivity index (χ0v) is 31.2. The van der Waals surface area contributed by atoms with Gasteiger partial charge in [0.2, 0.25) is 15.9 Å². The fraction of sp³-hybridized carbons (Fsp3) is 0.575. The van der Waals surface area contributed by atoms with E-state index in [4.69, 9.17) is 4.74 Å². The van der Waals surface area contributed by atoms with Gasteiger partial charge in [-0.25, -0.2) is 17.9 Å². The standard InChI is InChI=1S/C40H49N5O6S/c1-4-42(5-2)39(48)43-22-26-12-13-27(23-43)44(26)38(47)40-21-33(40)32-20-28(51-3)14-18-30(32)36-35(24-9-7-6-8-10-24)31-17-11-25(19-34(31)45(36)40)37(46)41-52(49,50)29-15-16-29/h11,14,17-20,24,26-27,29,33H,4-10,12-13,15-16,21-23H2,1-3H3,(H,41,46). The van der Waals surface area contributed by atoms with E-state index < -0.39 is 26.7 Å². The molecule has 4 heterocycles. The van der Waals surface area contributed by atoms with Gasteiger partial charge in [0.15, 0.2) is 0 Å². The highest BCUT2D eigenvalue weighted by atomic mass is 32.2. The largest absolute Gasteiger partial charge is 0.497 e. The maximum atomic E-state index is 15.5. The Bertz CT molecular complexity index is 2080. The molecule has 2 aromatic carbocycles. The fourth-order valence-corrected chi connectivity index (χ4v) is 11.6. The second-order valence-corrected chi connectivity index (χ2v) is 17.9. The number of fused-ring (bicyclic) bond motifs is 10. The molecular formula is C40H49N5O6S. The number of ether oxygens (including phenoxy) is 1. The van der Waals surface area contributed by atoms with Crippen molar-refractivity contribution in [2.45, 2.75) is 113 Å². The lowest BCUT2D eigenvalue weighted by atomic mass is 9.80. The minimum absolute atomic E-state index is 0.0421. The molecule has 2 bridgehead atoms. The van der Waals surface area contributed by atoms with Crippen LogP contribution in [0.2, 0.25) is 0 Å². The van der Waals surface area contributed by atoms with Gasteiger partial charge in [0.05, 0.1) is 23.6 Å². The molecule has 0 radical (unpaired) electrons. The fourth-order valence-electron chi connectivity index (χ4n) is 10.3. The Labute approximate surface area is 305 Å². The molecule has 3 saturated carbocycles. The number of amides is 4. The summed E-state index contributed by atoms with van der Waals surface area (Å²) in [5, 5.41) is 0.515. The number of benzene rings is 2. The number of urea groups is 1. The lowest BCUT2D eigenvalue weighted by Gasteiger charge is -2.44. The van der Waals surface area contributed by atoms with E-state index >= 15 is 4.79 Å². The molecule has 12 heteroatoms. The number of rotatable bonds is 8. The average Bonchev–Trinajstić information content (AvgIpc) is 4.09. The molecule has 6 aliphatic rings. The number of nitrogens with zero attached hydrogens (tertiary/aromatic N) is 4. The molecule has 4 amide bonds. The van der Waals surface area contributed by atoms with E-state index in [0.717, 1.165) is 72.0 Å². The van der Waals surface area contributed by atoms with Crippen LogP contribution in [0.4, 0.5) is 4.79 Å². The highest BCUT2D eigenvalue weighted by Crippen LogP contribution is 2.67. The van der Waals surface area contributed by atoms with Crippen molar-refractivity contribution in [3.63, 3.8) is 0 Å². The molecule has 1 N–H and O–H groups in total. The number of hydrogen-bond donors (Lipinski definition) is 1. The maximum absolute atomic E-state index is 15.5. The number of carbonyl (C=O) groups excluding carboxylic acids is 3. The summed E-state index contributed by atoms with van der Waals surface area (Å²) in [5.41, 5.74) is 4.69. The molecule has 5 fully saturated rings. The number of aromatic nitrogens is 1. The third-order valence-electron chi connectivity index (χ3n) is 13.1. The Morgan fingerprint density at radius 3 is 2.29 bits per heavy atom. The van der Waals surface area contributed by atoms with Crippen molar-refractivity contribution in [3.05, 3.63) is 53.1 Å². The first-order valence-corrected chi connectivity index (χ1v) is 21.0. The molecule has 11 nitrogen and oxygen atoms in total. The van der Waals surface area contributed by atoms with Crippen LogP contribution >= 0.6 is 0 Å². The molecule has 9 rings (SSSR count). The molecule has 52 heavy (non-hydrogen) atoms. The van der Waals surface area contributed by atoms with E-state index in [2.05, 4.69) is 26.3 Å². The molecule has 2 saturated heterocycles. The van der Waals surface area contributed by atoms with Gasteiger partial charge in [0, 0.05) is 60.7 Å². The van der Waals surface area contributed by atoms with Gasteiger partial charge in [-0.1, -0.05) is 25.3 Å². The summed E-state index contributed by atoms with van der Waals surface area (Å²) >= 11 is 0. The van der Waals surface area contributed by atoms with Gasteiger partial charge in [-0.2, -0.15) is 0 Å². The Morgan fingerprint density at radius 1 is 0.923 bits per heavy atom. The number of nitrogens with one attached hydrogen (secondary N) is 1. The van der Waals surface area contributed by atoms with Crippen LogP contribution in [0.15, 0.2) is 36.4 Å². The molecule has 276 valence electrons. The summed E-state index contributed by atoms with van der Waals surface area (Å²) in [5.74, 6) is 0.424.